The standard InChI is InChI=1S/C47H93NO5P.ClH/c1-6-8-10-12-14-16-18-20-22-24-26-28-30-32-34-36-38-46(50)52-42-40-48(45(49)44-54(3,4)5)41-43-53-47(51)39-37-35-33-31-29-27-25-23-21-19-17-15-13-11-9-7-2;/h6-44H2,1-5H3;1H/q+1;/p-1. The van der Waals surface area contributed by atoms with Gasteiger partial charge in [-0.2, -0.15) is 0 Å². The summed E-state index contributed by atoms with van der Waals surface area (Å²) < 4.78 is 11.0. The Morgan fingerprint density at radius 2 is 0.636 bits per heavy atom. The first-order valence-corrected chi connectivity index (χ1v) is 26.9. The van der Waals surface area contributed by atoms with Crippen molar-refractivity contribution in [3.8, 4) is 0 Å². The van der Waals surface area contributed by atoms with Gasteiger partial charge in [-0.15, -0.1) is 0 Å². The Bertz CT molecular complexity index is 798. The topological polar surface area (TPSA) is 72.9 Å². The van der Waals surface area contributed by atoms with Crippen molar-refractivity contribution in [3.63, 3.8) is 0 Å². The Kier molecular flexibility index (Phi) is 43.7. The molecule has 8 heteroatoms. The van der Waals surface area contributed by atoms with Gasteiger partial charge < -0.3 is 26.8 Å². The van der Waals surface area contributed by atoms with Crippen LogP contribution in [0.25, 0.3) is 0 Å². The highest BCUT2D eigenvalue weighted by Crippen LogP contribution is 2.46. The van der Waals surface area contributed by atoms with Gasteiger partial charge in [-0.05, 0) is 12.8 Å². The van der Waals surface area contributed by atoms with E-state index in [1.807, 2.05) is 0 Å². The molecule has 0 saturated carbocycles. The van der Waals surface area contributed by atoms with Gasteiger partial charge in [0.2, 0.25) is 0 Å². The van der Waals surface area contributed by atoms with E-state index in [9.17, 15) is 14.4 Å². The van der Waals surface area contributed by atoms with Gasteiger partial charge in [0.05, 0.1) is 13.1 Å². The molecular formula is C47H93ClNO5P. The minimum absolute atomic E-state index is 0. The number of hydrogen-bond acceptors (Lipinski definition) is 5. The molecule has 0 heterocycles. The number of esters is 2. The first-order chi connectivity index (χ1) is 26.2. The van der Waals surface area contributed by atoms with Crippen molar-refractivity contribution < 1.29 is 36.3 Å². The molecule has 0 spiro atoms. The maximum atomic E-state index is 13.1. The fourth-order valence-corrected chi connectivity index (χ4v) is 8.20. The fourth-order valence-electron chi connectivity index (χ4n) is 7.19. The van der Waals surface area contributed by atoms with Crippen LogP contribution in [0.2, 0.25) is 0 Å². The van der Waals surface area contributed by atoms with Crippen molar-refractivity contribution in [3.05, 3.63) is 0 Å². The molecule has 0 aromatic heterocycles. The Morgan fingerprint density at radius 3 is 0.873 bits per heavy atom. The fraction of sp³-hybridized carbons (Fsp3) is 0.936. The first-order valence-electron chi connectivity index (χ1n) is 23.6. The number of ether oxygens (including phenoxy) is 2. The molecule has 0 radical (unpaired) electrons. The molecule has 328 valence electrons. The van der Waals surface area contributed by atoms with E-state index in [1.54, 1.807) is 4.90 Å². The van der Waals surface area contributed by atoms with Crippen molar-refractivity contribution in [2.24, 2.45) is 0 Å². The summed E-state index contributed by atoms with van der Waals surface area (Å²) in [6.07, 6.45) is 43.3. The summed E-state index contributed by atoms with van der Waals surface area (Å²) in [6.45, 7) is 12.1. The van der Waals surface area contributed by atoms with Gasteiger partial charge in [0.1, 0.15) is 19.4 Å². The van der Waals surface area contributed by atoms with Crippen molar-refractivity contribution in [2.45, 2.75) is 232 Å². The predicted molar refractivity (Wildman–Crippen MR) is 236 cm³/mol. The van der Waals surface area contributed by atoms with Gasteiger partial charge in [-0.3, -0.25) is 14.4 Å². The van der Waals surface area contributed by atoms with Crippen LogP contribution in [0, 0.1) is 0 Å². The summed E-state index contributed by atoms with van der Waals surface area (Å²) in [5, 5.41) is 0. The predicted octanol–water partition coefficient (Wildman–Crippen LogP) is 11.1. The van der Waals surface area contributed by atoms with Crippen molar-refractivity contribution in [1.29, 1.82) is 0 Å². The van der Waals surface area contributed by atoms with Crippen molar-refractivity contribution >= 4 is 25.1 Å². The normalized spacial score (nSPS) is 11.4. The smallest absolute Gasteiger partial charge is 0.305 e. The zero-order chi connectivity index (χ0) is 39.8. The van der Waals surface area contributed by atoms with Crippen molar-refractivity contribution in [2.75, 3.05) is 52.5 Å². The molecule has 0 bridgehead atoms. The van der Waals surface area contributed by atoms with E-state index in [4.69, 9.17) is 9.47 Å². The molecular weight excluding hydrogens is 725 g/mol. The number of nitrogens with zero attached hydrogens (tertiary/aromatic N) is 1. The summed E-state index contributed by atoms with van der Waals surface area (Å²) in [7, 11) is -1.32. The van der Waals surface area contributed by atoms with E-state index in [0.717, 1.165) is 25.7 Å². The number of halogens is 1. The minimum atomic E-state index is -1.32. The Morgan fingerprint density at radius 1 is 0.400 bits per heavy atom. The number of carbonyl (C=O) groups is 3. The second kappa shape index (κ2) is 42.7. The summed E-state index contributed by atoms with van der Waals surface area (Å²) in [5.74, 6) is -0.304. The largest absolute Gasteiger partial charge is 1.00 e. The summed E-state index contributed by atoms with van der Waals surface area (Å²) in [5.41, 5.74) is 0. The molecule has 0 N–H and O–H groups in total. The highest BCUT2D eigenvalue weighted by molar-refractivity contribution is 7.74. The average Bonchev–Trinajstić information content (AvgIpc) is 3.13. The quantitative estimate of drug-likeness (QED) is 0.0348. The van der Waals surface area contributed by atoms with Gasteiger partial charge in [0, 0.05) is 40.1 Å². The van der Waals surface area contributed by atoms with Gasteiger partial charge in [-0.25, -0.2) is 0 Å². The Hall–Kier alpha value is -0.870. The molecule has 6 nitrogen and oxygen atoms in total. The van der Waals surface area contributed by atoms with E-state index in [0.29, 0.717) is 32.1 Å². The third kappa shape index (κ3) is 44.1. The maximum absolute atomic E-state index is 13.1. The number of hydrogen-bond donors (Lipinski definition) is 0. The van der Waals surface area contributed by atoms with Crippen LogP contribution in [0.4, 0.5) is 0 Å². The third-order valence-electron chi connectivity index (χ3n) is 10.7. The SMILES string of the molecule is CCCCCCCCCCCCCCCCCCC(=O)OCCN(CCOC(=O)CCCCCCCCCCCCCCCCCC)C(=O)C[P+](C)(C)C.[Cl-]. The molecule has 0 rings (SSSR count). The van der Waals surface area contributed by atoms with Crippen LogP contribution in [-0.4, -0.2) is 75.2 Å². The van der Waals surface area contributed by atoms with Crippen LogP contribution in [-0.2, 0) is 23.9 Å². The zero-order valence-corrected chi connectivity index (χ0v) is 39.0. The first kappa shape index (κ1) is 56.2. The highest BCUT2D eigenvalue weighted by Gasteiger charge is 2.26. The molecule has 0 unspecified atom stereocenters. The Labute approximate surface area is 349 Å². The van der Waals surface area contributed by atoms with Crippen LogP contribution in [0.3, 0.4) is 0 Å². The molecule has 0 saturated heterocycles. The van der Waals surface area contributed by atoms with Crippen LogP contribution in [0.1, 0.15) is 232 Å². The van der Waals surface area contributed by atoms with Gasteiger partial charge in [0.25, 0.3) is 5.91 Å². The number of carbonyl (C=O) groups excluding carboxylic acids is 3. The summed E-state index contributed by atoms with van der Waals surface area (Å²) >= 11 is 0. The lowest BCUT2D eigenvalue weighted by atomic mass is 10.0. The summed E-state index contributed by atoms with van der Waals surface area (Å²) in [4.78, 5) is 39.5. The van der Waals surface area contributed by atoms with Gasteiger partial charge in [-0.1, -0.05) is 206 Å². The maximum Gasteiger partial charge on any atom is 0.305 e. The van der Waals surface area contributed by atoms with E-state index in [2.05, 4.69) is 33.8 Å². The van der Waals surface area contributed by atoms with Crippen LogP contribution < -0.4 is 12.4 Å². The zero-order valence-electron chi connectivity index (χ0n) is 37.4. The molecule has 0 fully saturated rings. The molecule has 1 amide bonds. The monoisotopic (exact) mass is 818 g/mol. The number of amides is 1. The number of unbranched alkanes of at least 4 members (excludes halogenated alkanes) is 30. The molecule has 55 heavy (non-hydrogen) atoms. The molecule has 0 atom stereocenters. The van der Waals surface area contributed by atoms with Gasteiger partial charge in [0.15, 0.2) is 0 Å². The van der Waals surface area contributed by atoms with Gasteiger partial charge >= 0.3 is 11.9 Å². The lowest BCUT2D eigenvalue weighted by Gasteiger charge is -2.24. The Balaban J connectivity index is 0. The lowest BCUT2D eigenvalue weighted by molar-refractivity contribution is -0.147. The summed E-state index contributed by atoms with van der Waals surface area (Å²) in [6, 6.07) is 0. The average molecular weight is 819 g/mol. The lowest BCUT2D eigenvalue weighted by Crippen LogP contribution is -3.00. The molecule has 0 aromatic rings. The number of rotatable bonds is 42. The van der Waals surface area contributed by atoms with Crippen LogP contribution in [0.5, 0.6) is 0 Å². The second-order valence-electron chi connectivity index (χ2n) is 17.4. The minimum Gasteiger partial charge on any atom is -1.00 e. The van der Waals surface area contributed by atoms with Crippen LogP contribution >= 0.6 is 7.26 Å². The molecule has 0 aromatic carbocycles. The van der Waals surface area contributed by atoms with E-state index in [1.165, 1.54) is 180 Å². The van der Waals surface area contributed by atoms with E-state index < -0.39 is 7.26 Å². The third-order valence-corrected chi connectivity index (χ3v) is 11.9. The molecule has 0 aliphatic carbocycles. The molecule has 0 aliphatic heterocycles. The molecule has 0 aliphatic rings. The second-order valence-corrected chi connectivity index (χ2v) is 22.3. The van der Waals surface area contributed by atoms with Crippen LogP contribution in [0.15, 0.2) is 0 Å². The van der Waals surface area contributed by atoms with Crippen molar-refractivity contribution in [1.82, 2.24) is 4.90 Å². The van der Waals surface area contributed by atoms with E-state index in [-0.39, 0.29) is 43.5 Å². The van der Waals surface area contributed by atoms with E-state index >= 15 is 0 Å². The highest BCUT2D eigenvalue weighted by atomic mass is 35.5.